The Hall–Kier alpha value is -1.94. The Labute approximate surface area is 73.2 Å². The Balaban J connectivity index is 4.35. The topological polar surface area (TPSA) is 104 Å². The van der Waals surface area contributed by atoms with Gasteiger partial charge in [0.05, 0.1) is 6.54 Å². The number of hydrogen-bond acceptors (Lipinski definition) is 4. The van der Waals surface area contributed by atoms with Gasteiger partial charge in [-0.2, -0.15) is 0 Å². The molecule has 0 saturated carbocycles. The first-order valence-electron chi connectivity index (χ1n) is 3.28. The highest BCUT2D eigenvalue weighted by Crippen LogP contribution is 2.01. The molecule has 0 saturated heterocycles. The molecule has 0 spiro atoms. The first-order chi connectivity index (χ1) is 6.07. The lowest BCUT2D eigenvalue weighted by atomic mass is 10.2. The standard InChI is InChI=1S/C7H7NO5/c9-4-8-2-1-5(7(12)13)3-6(10)11/h3H,1-2H2,(H,10,11)(H,12,13). The van der Waals surface area contributed by atoms with E-state index in [9.17, 15) is 14.4 Å². The van der Waals surface area contributed by atoms with E-state index in [1.54, 1.807) is 0 Å². The zero-order valence-electron chi connectivity index (χ0n) is 6.56. The third-order valence-electron chi connectivity index (χ3n) is 1.13. The number of carbonyl (C=O) groups excluding carboxylic acids is 1. The monoisotopic (exact) mass is 185 g/mol. The first-order valence-corrected chi connectivity index (χ1v) is 3.28. The van der Waals surface area contributed by atoms with E-state index in [0.717, 1.165) is 0 Å². The minimum atomic E-state index is -1.34. The molecule has 0 unspecified atom stereocenters. The van der Waals surface area contributed by atoms with Gasteiger partial charge in [-0.3, -0.25) is 0 Å². The van der Waals surface area contributed by atoms with Gasteiger partial charge in [0.25, 0.3) is 0 Å². The molecule has 0 aliphatic carbocycles. The Bertz CT molecular complexity index is 287. The van der Waals surface area contributed by atoms with Crippen LogP contribution in [0.5, 0.6) is 0 Å². The highest BCUT2D eigenvalue weighted by atomic mass is 16.4. The highest BCUT2D eigenvalue weighted by molar-refractivity contribution is 5.94. The summed E-state index contributed by atoms with van der Waals surface area (Å²) >= 11 is 0. The first kappa shape index (κ1) is 11.1. The maximum absolute atomic E-state index is 10.4. The lowest BCUT2D eigenvalue weighted by Crippen LogP contribution is -2.05. The fourth-order valence-corrected chi connectivity index (χ4v) is 0.612. The van der Waals surface area contributed by atoms with E-state index in [1.807, 2.05) is 0 Å². The van der Waals surface area contributed by atoms with Crippen LogP contribution in [0.3, 0.4) is 0 Å². The molecule has 0 bridgehead atoms. The van der Waals surface area contributed by atoms with Crippen molar-refractivity contribution in [3.8, 4) is 0 Å². The van der Waals surface area contributed by atoms with Crippen LogP contribution in [0, 0.1) is 0 Å². The summed E-state index contributed by atoms with van der Waals surface area (Å²) in [6.07, 6.45) is 1.69. The summed E-state index contributed by atoms with van der Waals surface area (Å²) in [6, 6.07) is 0. The molecule has 0 rings (SSSR count). The molecule has 6 nitrogen and oxygen atoms in total. The van der Waals surface area contributed by atoms with E-state index in [-0.39, 0.29) is 18.5 Å². The van der Waals surface area contributed by atoms with Crippen LogP contribution in [0.15, 0.2) is 16.6 Å². The molecule has 0 aromatic carbocycles. The fourth-order valence-electron chi connectivity index (χ4n) is 0.612. The smallest absolute Gasteiger partial charge is 0.331 e. The SMILES string of the molecule is O=C=NCCC(=CC(=O)O)C(=O)O. The number of isocyanates is 1. The van der Waals surface area contributed by atoms with Crippen molar-refractivity contribution in [1.82, 2.24) is 0 Å². The van der Waals surface area contributed by atoms with Crippen molar-refractivity contribution in [3.05, 3.63) is 11.6 Å². The summed E-state index contributed by atoms with van der Waals surface area (Å²) in [5.41, 5.74) is -0.300. The third-order valence-corrected chi connectivity index (χ3v) is 1.13. The zero-order chi connectivity index (χ0) is 10.3. The van der Waals surface area contributed by atoms with E-state index >= 15 is 0 Å². The third kappa shape index (κ3) is 5.34. The quantitative estimate of drug-likeness (QED) is 0.351. The Kier molecular flexibility index (Phi) is 4.83. The molecule has 0 aliphatic rings. The van der Waals surface area contributed by atoms with Gasteiger partial charge in [0.15, 0.2) is 0 Å². The van der Waals surface area contributed by atoms with Crippen molar-refractivity contribution in [3.63, 3.8) is 0 Å². The van der Waals surface area contributed by atoms with Gasteiger partial charge in [0.1, 0.15) is 0 Å². The van der Waals surface area contributed by atoms with Gasteiger partial charge in [-0.15, -0.1) is 0 Å². The van der Waals surface area contributed by atoms with Crippen LogP contribution >= 0.6 is 0 Å². The van der Waals surface area contributed by atoms with Crippen molar-refractivity contribution in [1.29, 1.82) is 0 Å². The van der Waals surface area contributed by atoms with Crippen molar-refractivity contribution in [2.45, 2.75) is 6.42 Å². The number of carboxylic acid groups (broad SMARTS) is 2. The number of hydrogen-bond donors (Lipinski definition) is 2. The average molecular weight is 185 g/mol. The van der Waals surface area contributed by atoms with Gasteiger partial charge in [-0.25, -0.2) is 19.4 Å². The molecule has 0 heterocycles. The van der Waals surface area contributed by atoms with Gasteiger partial charge >= 0.3 is 11.9 Å². The number of aliphatic carboxylic acids is 2. The van der Waals surface area contributed by atoms with Gasteiger partial charge in [0, 0.05) is 18.1 Å². The fraction of sp³-hybridized carbons (Fsp3) is 0.286. The van der Waals surface area contributed by atoms with E-state index in [2.05, 4.69) is 4.99 Å². The molecule has 0 amide bonds. The van der Waals surface area contributed by atoms with E-state index in [0.29, 0.717) is 6.08 Å². The summed E-state index contributed by atoms with van der Waals surface area (Å²) in [6.45, 7) is -0.0745. The highest BCUT2D eigenvalue weighted by Gasteiger charge is 2.08. The van der Waals surface area contributed by atoms with Crippen LogP contribution in [0.4, 0.5) is 0 Å². The lowest BCUT2D eigenvalue weighted by molar-refractivity contribution is -0.135. The Morgan fingerprint density at radius 3 is 2.38 bits per heavy atom. The molecule has 70 valence electrons. The summed E-state index contributed by atoms with van der Waals surface area (Å²) in [5, 5.41) is 16.7. The summed E-state index contributed by atoms with van der Waals surface area (Å²) in [5.74, 6) is -2.67. The number of carbonyl (C=O) groups is 2. The minimum absolute atomic E-state index is 0.0745. The predicted molar refractivity (Wildman–Crippen MR) is 41.0 cm³/mol. The molecule has 0 aromatic heterocycles. The number of carboxylic acids is 2. The average Bonchev–Trinajstić information content (AvgIpc) is 2.02. The van der Waals surface area contributed by atoms with Crippen LogP contribution < -0.4 is 0 Å². The van der Waals surface area contributed by atoms with Gasteiger partial charge in [-0.05, 0) is 0 Å². The second-order valence-corrected chi connectivity index (χ2v) is 2.04. The molecular weight excluding hydrogens is 178 g/mol. The van der Waals surface area contributed by atoms with Crippen molar-refractivity contribution in [2.75, 3.05) is 6.54 Å². The molecule has 2 N–H and O–H groups in total. The van der Waals surface area contributed by atoms with Gasteiger partial charge in [0.2, 0.25) is 6.08 Å². The van der Waals surface area contributed by atoms with E-state index < -0.39 is 11.9 Å². The molecule has 0 radical (unpaired) electrons. The zero-order valence-corrected chi connectivity index (χ0v) is 6.56. The molecular formula is C7H7NO5. The Morgan fingerprint density at radius 1 is 1.38 bits per heavy atom. The second kappa shape index (κ2) is 5.68. The Morgan fingerprint density at radius 2 is 2.00 bits per heavy atom. The van der Waals surface area contributed by atoms with Gasteiger partial charge < -0.3 is 10.2 Å². The number of aliphatic imine (C=N–C) groups is 1. The van der Waals surface area contributed by atoms with E-state index in [1.165, 1.54) is 6.08 Å². The van der Waals surface area contributed by atoms with Crippen LogP contribution in [-0.2, 0) is 14.4 Å². The normalized spacial score (nSPS) is 10.3. The van der Waals surface area contributed by atoms with Crippen LogP contribution in [0.1, 0.15) is 6.42 Å². The second-order valence-electron chi connectivity index (χ2n) is 2.04. The summed E-state index contributed by atoms with van der Waals surface area (Å²) in [4.78, 5) is 33.2. The van der Waals surface area contributed by atoms with Crippen molar-refractivity contribution in [2.24, 2.45) is 4.99 Å². The predicted octanol–water partition coefficient (Wildman–Crippen LogP) is -0.192. The van der Waals surface area contributed by atoms with E-state index in [4.69, 9.17) is 10.2 Å². The summed E-state index contributed by atoms with van der Waals surface area (Å²) in [7, 11) is 0. The van der Waals surface area contributed by atoms with Crippen molar-refractivity contribution < 1.29 is 24.6 Å². The molecule has 0 fully saturated rings. The van der Waals surface area contributed by atoms with Crippen LogP contribution in [-0.4, -0.2) is 34.8 Å². The molecule has 0 atom stereocenters. The molecule has 6 heteroatoms. The molecule has 13 heavy (non-hydrogen) atoms. The van der Waals surface area contributed by atoms with Crippen LogP contribution in [0.2, 0.25) is 0 Å². The van der Waals surface area contributed by atoms with Gasteiger partial charge in [-0.1, -0.05) is 0 Å². The molecule has 0 aliphatic heterocycles. The maximum atomic E-state index is 10.4. The number of rotatable bonds is 5. The minimum Gasteiger partial charge on any atom is -0.478 e. The van der Waals surface area contributed by atoms with Crippen molar-refractivity contribution >= 4 is 18.0 Å². The summed E-state index contributed by atoms with van der Waals surface area (Å²) < 4.78 is 0. The largest absolute Gasteiger partial charge is 0.478 e. The van der Waals surface area contributed by atoms with Crippen LogP contribution in [0.25, 0.3) is 0 Å². The lowest BCUT2D eigenvalue weighted by Gasteiger charge is -1.95. The molecule has 0 aromatic rings. The maximum Gasteiger partial charge on any atom is 0.331 e. The number of nitrogens with zero attached hydrogens (tertiary/aromatic N) is 1.